The number of hydrogen-bond acceptors (Lipinski definition) is 7. The summed E-state index contributed by atoms with van der Waals surface area (Å²) in [6.07, 6.45) is 0.0627. The molecule has 8 nitrogen and oxygen atoms in total. The molecule has 0 saturated carbocycles. The fourth-order valence-electron chi connectivity index (χ4n) is 2.22. The Bertz CT molecular complexity index is 727. The van der Waals surface area contributed by atoms with E-state index >= 15 is 0 Å². The predicted molar refractivity (Wildman–Crippen MR) is 77.7 cm³/mol. The molecule has 2 aromatic rings. The average molecular weight is 317 g/mol. The molecule has 0 N–H and O–H groups in total. The van der Waals surface area contributed by atoms with Crippen LogP contribution >= 0.6 is 0 Å². The number of aryl methyl sites for hydroxylation is 1. The van der Waals surface area contributed by atoms with E-state index in [0.717, 1.165) is 0 Å². The Labute approximate surface area is 132 Å². The van der Waals surface area contributed by atoms with E-state index in [1.54, 1.807) is 19.1 Å². The van der Waals surface area contributed by atoms with Gasteiger partial charge in [-0.3, -0.25) is 9.59 Å². The van der Waals surface area contributed by atoms with Crippen LogP contribution in [0.4, 0.5) is 5.69 Å². The number of esters is 1. The van der Waals surface area contributed by atoms with Gasteiger partial charge in [-0.1, -0.05) is 17.3 Å². The Kier molecular flexibility index (Phi) is 4.22. The minimum Gasteiger partial charge on any atom is -0.482 e. The van der Waals surface area contributed by atoms with Crippen molar-refractivity contribution in [1.29, 1.82) is 0 Å². The molecule has 1 aliphatic heterocycles. The van der Waals surface area contributed by atoms with E-state index in [9.17, 15) is 9.59 Å². The van der Waals surface area contributed by atoms with Gasteiger partial charge >= 0.3 is 5.97 Å². The first-order chi connectivity index (χ1) is 11.1. The van der Waals surface area contributed by atoms with Crippen LogP contribution in [0.3, 0.4) is 0 Å². The van der Waals surface area contributed by atoms with Gasteiger partial charge in [0, 0.05) is 6.54 Å². The molecule has 120 valence electrons. The topological polar surface area (TPSA) is 94.8 Å². The van der Waals surface area contributed by atoms with Gasteiger partial charge < -0.3 is 18.9 Å². The summed E-state index contributed by atoms with van der Waals surface area (Å²) in [6.45, 7) is 1.79. The van der Waals surface area contributed by atoms with Crippen molar-refractivity contribution in [3.8, 4) is 5.75 Å². The van der Waals surface area contributed by atoms with E-state index in [1.165, 1.54) is 4.90 Å². The summed E-state index contributed by atoms with van der Waals surface area (Å²) in [5.74, 6) is 0.707. The van der Waals surface area contributed by atoms with Crippen molar-refractivity contribution >= 4 is 17.6 Å². The summed E-state index contributed by atoms with van der Waals surface area (Å²) in [5.41, 5.74) is 0.657. The van der Waals surface area contributed by atoms with Crippen LogP contribution < -0.4 is 9.64 Å². The van der Waals surface area contributed by atoms with E-state index < -0.39 is 5.97 Å². The number of anilines is 1. The zero-order valence-electron chi connectivity index (χ0n) is 12.5. The molecule has 0 bridgehead atoms. The molecule has 1 aliphatic rings. The minimum absolute atomic E-state index is 0.0344. The van der Waals surface area contributed by atoms with Crippen LogP contribution in [0.15, 0.2) is 28.8 Å². The summed E-state index contributed by atoms with van der Waals surface area (Å²) in [7, 11) is 0. The Morgan fingerprint density at radius 3 is 3.00 bits per heavy atom. The van der Waals surface area contributed by atoms with Crippen LogP contribution in [0.25, 0.3) is 0 Å². The van der Waals surface area contributed by atoms with Crippen molar-refractivity contribution < 1.29 is 23.6 Å². The van der Waals surface area contributed by atoms with Gasteiger partial charge in [-0.2, -0.15) is 4.98 Å². The number of benzene rings is 1. The highest BCUT2D eigenvalue weighted by molar-refractivity contribution is 5.98. The highest BCUT2D eigenvalue weighted by Crippen LogP contribution is 2.31. The highest BCUT2D eigenvalue weighted by atomic mass is 16.6. The lowest BCUT2D eigenvalue weighted by Crippen LogP contribution is -2.40. The van der Waals surface area contributed by atoms with Crippen molar-refractivity contribution in [1.82, 2.24) is 10.1 Å². The summed E-state index contributed by atoms with van der Waals surface area (Å²) < 4.78 is 15.3. The molecule has 0 saturated heterocycles. The monoisotopic (exact) mass is 317 g/mol. The molecule has 3 rings (SSSR count). The van der Waals surface area contributed by atoms with E-state index in [-0.39, 0.29) is 38.0 Å². The van der Waals surface area contributed by atoms with Gasteiger partial charge in [-0.25, -0.2) is 0 Å². The first-order valence-electron chi connectivity index (χ1n) is 7.10. The van der Waals surface area contributed by atoms with Gasteiger partial charge in [-0.15, -0.1) is 0 Å². The molecule has 0 fully saturated rings. The number of amides is 1. The zero-order valence-corrected chi connectivity index (χ0v) is 12.5. The maximum atomic E-state index is 12.0. The van der Waals surface area contributed by atoms with Gasteiger partial charge in [0.25, 0.3) is 11.8 Å². The maximum absolute atomic E-state index is 12.0. The SMILES string of the molecule is Cc1noc(COC(=O)CCN2C(=O)COc3ccccc32)n1. The third kappa shape index (κ3) is 3.47. The third-order valence-corrected chi connectivity index (χ3v) is 3.27. The lowest BCUT2D eigenvalue weighted by atomic mass is 10.2. The molecule has 0 aliphatic carbocycles. The van der Waals surface area contributed by atoms with E-state index in [1.807, 2.05) is 12.1 Å². The number of fused-ring (bicyclic) bond motifs is 1. The number of rotatable bonds is 5. The summed E-state index contributed by atoms with van der Waals surface area (Å²) >= 11 is 0. The Morgan fingerprint density at radius 1 is 1.39 bits per heavy atom. The van der Waals surface area contributed by atoms with Gasteiger partial charge in [-0.05, 0) is 19.1 Å². The molecular formula is C15H15N3O5. The minimum atomic E-state index is -0.447. The van der Waals surface area contributed by atoms with Gasteiger partial charge in [0.2, 0.25) is 0 Å². The lowest BCUT2D eigenvalue weighted by Gasteiger charge is -2.28. The first-order valence-corrected chi connectivity index (χ1v) is 7.10. The molecule has 1 aromatic carbocycles. The van der Waals surface area contributed by atoms with E-state index in [4.69, 9.17) is 14.0 Å². The molecule has 0 atom stereocenters. The van der Waals surface area contributed by atoms with Crippen molar-refractivity contribution in [3.05, 3.63) is 36.0 Å². The molecule has 0 unspecified atom stereocenters. The van der Waals surface area contributed by atoms with E-state index in [0.29, 0.717) is 17.3 Å². The number of ether oxygens (including phenoxy) is 2. The van der Waals surface area contributed by atoms with Crippen LogP contribution in [0.1, 0.15) is 18.1 Å². The number of carbonyl (C=O) groups is 2. The largest absolute Gasteiger partial charge is 0.482 e. The highest BCUT2D eigenvalue weighted by Gasteiger charge is 2.25. The fraction of sp³-hybridized carbons (Fsp3) is 0.333. The van der Waals surface area contributed by atoms with Crippen LogP contribution in [0, 0.1) is 6.92 Å². The first kappa shape index (κ1) is 15.0. The fourth-order valence-corrected chi connectivity index (χ4v) is 2.22. The molecule has 1 aromatic heterocycles. The van der Waals surface area contributed by atoms with Crippen LogP contribution in [0.2, 0.25) is 0 Å². The smallest absolute Gasteiger partial charge is 0.308 e. The van der Waals surface area contributed by atoms with Crippen molar-refractivity contribution in [3.63, 3.8) is 0 Å². The number of carbonyl (C=O) groups excluding carboxylic acids is 2. The van der Waals surface area contributed by atoms with Crippen LogP contribution in [-0.2, 0) is 20.9 Å². The summed E-state index contributed by atoms with van der Waals surface area (Å²) in [5, 5.41) is 3.60. The van der Waals surface area contributed by atoms with Crippen molar-refractivity contribution in [2.75, 3.05) is 18.1 Å². The average Bonchev–Trinajstić information content (AvgIpc) is 2.97. The maximum Gasteiger partial charge on any atom is 0.308 e. The van der Waals surface area contributed by atoms with Crippen molar-refractivity contribution in [2.45, 2.75) is 20.0 Å². The second kappa shape index (κ2) is 6.47. The predicted octanol–water partition coefficient (Wildman–Crippen LogP) is 1.24. The second-order valence-corrected chi connectivity index (χ2v) is 4.95. The second-order valence-electron chi connectivity index (χ2n) is 4.95. The number of para-hydroxylation sites is 2. The molecule has 0 spiro atoms. The molecule has 8 heteroatoms. The molecule has 1 amide bonds. The normalized spacial score (nSPS) is 13.4. The Balaban J connectivity index is 1.55. The molecule has 23 heavy (non-hydrogen) atoms. The lowest BCUT2D eigenvalue weighted by molar-refractivity contribution is -0.145. The van der Waals surface area contributed by atoms with Gasteiger partial charge in [0.05, 0.1) is 12.1 Å². The standard InChI is InChI=1S/C15H15N3O5/c1-10-16-13(23-17-10)8-22-15(20)6-7-18-11-4-2-3-5-12(11)21-9-14(18)19/h2-5H,6-9H2,1H3. The molecular weight excluding hydrogens is 302 g/mol. The molecule has 0 radical (unpaired) electrons. The quantitative estimate of drug-likeness (QED) is 0.765. The number of hydrogen-bond donors (Lipinski definition) is 0. The summed E-state index contributed by atoms with van der Waals surface area (Å²) in [4.78, 5) is 29.2. The number of nitrogens with zero attached hydrogens (tertiary/aromatic N) is 3. The van der Waals surface area contributed by atoms with Crippen LogP contribution in [-0.4, -0.2) is 35.2 Å². The van der Waals surface area contributed by atoms with Gasteiger partial charge in [0.1, 0.15) is 5.75 Å². The van der Waals surface area contributed by atoms with Gasteiger partial charge in [0.15, 0.2) is 19.0 Å². The van der Waals surface area contributed by atoms with E-state index in [2.05, 4.69) is 10.1 Å². The van der Waals surface area contributed by atoms with Crippen LogP contribution in [0.5, 0.6) is 5.75 Å². The number of aromatic nitrogens is 2. The Morgan fingerprint density at radius 2 is 2.22 bits per heavy atom. The molecule has 2 heterocycles. The van der Waals surface area contributed by atoms with Crippen molar-refractivity contribution in [2.24, 2.45) is 0 Å². The zero-order chi connectivity index (χ0) is 16.2. The summed E-state index contributed by atoms with van der Waals surface area (Å²) in [6, 6.07) is 7.20. The Hall–Kier alpha value is -2.90. The third-order valence-electron chi connectivity index (χ3n) is 3.27.